The third-order valence-corrected chi connectivity index (χ3v) is 3.83. The van der Waals surface area contributed by atoms with Crippen LogP contribution in [0.2, 0.25) is 19.6 Å². The van der Waals surface area contributed by atoms with Crippen molar-refractivity contribution >= 4 is 14.2 Å². The third kappa shape index (κ3) is 5.60. The first-order valence-electron chi connectivity index (χ1n) is 6.77. The third-order valence-electron chi connectivity index (χ3n) is 2.76. The van der Waals surface area contributed by atoms with Crippen molar-refractivity contribution in [1.82, 2.24) is 4.90 Å². The van der Waals surface area contributed by atoms with Crippen molar-refractivity contribution in [3.63, 3.8) is 0 Å². The molecule has 0 bridgehead atoms. The number of carbonyl (C=O) groups excluding carboxylic acids is 1. The number of benzene rings is 1. The first kappa shape index (κ1) is 16.5. The smallest absolute Gasteiger partial charge is 0.254 e. The summed E-state index contributed by atoms with van der Waals surface area (Å²) >= 11 is 0. The van der Waals surface area contributed by atoms with Gasteiger partial charge in [0.05, 0.1) is 13.2 Å². The van der Waals surface area contributed by atoms with Gasteiger partial charge in [0, 0.05) is 12.1 Å². The summed E-state index contributed by atoms with van der Waals surface area (Å²) in [5.41, 5.74) is 1.80. The van der Waals surface area contributed by atoms with E-state index < -0.39 is 8.32 Å². The minimum absolute atomic E-state index is 0.0397. The molecular formula is C16H23NO2Si. The quantitative estimate of drug-likeness (QED) is 0.595. The molecule has 1 aromatic rings. The van der Waals surface area contributed by atoms with Crippen molar-refractivity contribution in [3.05, 3.63) is 35.4 Å². The fourth-order valence-corrected chi connectivity index (χ4v) is 2.41. The van der Waals surface area contributed by atoms with Gasteiger partial charge in [0.2, 0.25) is 0 Å². The highest BCUT2D eigenvalue weighted by Crippen LogP contribution is 2.08. The highest BCUT2D eigenvalue weighted by molar-refractivity contribution is 6.69. The first-order chi connectivity index (χ1) is 9.33. The van der Waals surface area contributed by atoms with E-state index in [2.05, 4.69) is 25.6 Å². The van der Waals surface area contributed by atoms with Crippen LogP contribution in [0.1, 0.15) is 15.9 Å². The molecule has 108 valence electrons. The van der Waals surface area contributed by atoms with Gasteiger partial charge >= 0.3 is 0 Å². The van der Waals surface area contributed by atoms with Gasteiger partial charge < -0.3 is 9.33 Å². The second kappa shape index (κ2) is 7.27. The fourth-order valence-electron chi connectivity index (χ4n) is 1.70. The predicted molar refractivity (Wildman–Crippen MR) is 85.2 cm³/mol. The zero-order valence-corrected chi connectivity index (χ0v) is 13.8. The summed E-state index contributed by atoms with van der Waals surface area (Å²) in [6, 6.07) is 7.53. The van der Waals surface area contributed by atoms with Crippen LogP contribution >= 0.6 is 0 Å². The van der Waals surface area contributed by atoms with Crippen LogP contribution in [0.4, 0.5) is 0 Å². The van der Waals surface area contributed by atoms with E-state index in [9.17, 15) is 4.79 Å². The van der Waals surface area contributed by atoms with Crippen molar-refractivity contribution in [3.8, 4) is 12.3 Å². The van der Waals surface area contributed by atoms with Crippen LogP contribution in [0.25, 0.3) is 0 Å². The molecule has 1 aromatic carbocycles. The Morgan fingerprint density at radius 3 is 2.40 bits per heavy atom. The predicted octanol–water partition coefficient (Wildman–Crippen LogP) is 2.92. The maximum absolute atomic E-state index is 12.4. The maximum atomic E-state index is 12.4. The molecule has 0 saturated heterocycles. The molecule has 0 saturated carbocycles. The average Bonchev–Trinajstić information content (AvgIpc) is 2.36. The van der Waals surface area contributed by atoms with Gasteiger partial charge in [-0.25, -0.2) is 0 Å². The SMILES string of the molecule is C#CCN(CCO[Si](C)(C)C)C(=O)c1ccc(C)cc1. The molecule has 0 aliphatic carbocycles. The number of carbonyl (C=O) groups is 1. The van der Waals surface area contributed by atoms with Crippen LogP contribution in [-0.4, -0.2) is 38.8 Å². The number of terminal acetylenes is 1. The normalized spacial score (nSPS) is 10.9. The van der Waals surface area contributed by atoms with Gasteiger partial charge in [-0.3, -0.25) is 4.79 Å². The molecule has 0 aromatic heterocycles. The molecule has 0 atom stereocenters. The standard InChI is InChI=1S/C16H23NO2Si/c1-6-11-17(12-13-19-20(3,4)5)16(18)15-9-7-14(2)8-10-15/h1,7-10H,11-13H2,2-5H3. The molecule has 20 heavy (non-hydrogen) atoms. The molecule has 0 aliphatic heterocycles. The first-order valence-corrected chi connectivity index (χ1v) is 10.2. The van der Waals surface area contributed by atoms with E-state index in [4.69, 9.17) is 10.8 Å². The molecule has 0 radical (unpaired) electrons. The van der Waals surface area contributed by atoms with Gasteiger partial charge in [0.1, 0.15) is 0 Å². The average molecular weight is 289 g/mol. The number of rotatable bonds is 6. The summed E-state index contributed by atoms with van der Waals surface area (Å²) in [6.45, 7) is 9.74. The highest BCUT2D eigenvalue weighted by atomic mass is 28.4. The molecule has 4 heteroatoms. The van der Waals surface area contributed by atoms with E-state index in [1.54, 1.807) is 4.90 Å². The summed E-state index contributed by atoms with van der Waals surface area (Å²) in [5, 5.41) is 0. The van der Waals surface area contributed by atoms with Gasteiger partial charge in [-0.2, -0.15) is 0 Å². The second-order valence-electron chi connectivity index (χ2n) is 5.76. The molecule has 0 spiro atoms. The Labute approximate surface area is 123 Å². The maximum Gasteiger partial charge on any atom is 0.254 e. The molecule has 0 aliphatic rings. The van der Waals surface area contributed by atoms with Gasteiger partial charge in [-0.05, 0) is 38.7 Å². The monoisotopic (exact) mass is 289 g/mol. The number of nitrogens with zero attached hydrogens (tertiary/aromatic N) is 1. The zero-order valence-electron chi connectivity index (χ0n) is 12.8. The number of hydrogen-bond donors (Lipinski definition) is 0. The van der Waals surface area contributed by atoms with E-state index in [1.807, 2.05) is 31.2 Å². The van der Waals surface area contributed by atoms with Crippen LogP contribution in [0, 0.1) is 19.3 Å². The molecule has 0 fully saturated rings. The highest BCUT2D eigenvalue weighted by Gasteiger charge is 2.17. The summed E-state index contributed by atoms with van der Waals surface area (Å²) < 4.78 is 5.79. The lowest BCUT2D eigenvalue weighted by molar-refractivity contribution is 0.0751. The summed E-state index contributed by atoms with van der Waals surface area (Å²) in [6.07, 6.45) is 5.35. The lowest BCUT2D eigenvalue weighted by Crippen LogP contribution is -2.37. The van der Waals surface area contributed by atoms with E-state index in [-0.39, 0.29) is 5.91 Å². The second-order valence-corrected chi connectivity index (χ2v) is 10.3. The molecular weight excluding hydrogens is 266 g/mol. The van der Waals surface area contributed by atoms with E-state index >= 15 is 0 Å². The number of aryl methyl sites for hydroxylation is 1. The van der Waals surface area contributed by atoms with Crippen LogP contribution in [0.3, 0.4) is 0 Å². The van der Waals surface area contributed by atoms with E-state index in [0.717, 1.165) is 5.56 Å². The molecule has 0 N–H and O–H groups in total. The largest absolute Gasteiger partial charge is 0.416 e. The summed E-state index contributed by atoms with van der Waals surface area (Å²) in [5.74, 6) is 2.50. The van der Waals surface area contributed by atoms with Crippen LogP contribution in [-0.2, 0) is 4.43 Å². The zero-order chi connectivity index (χ0) is 15.2. The van der Waals surface area contributed by atoms with Gasteiger partial charge in [0.15, 0.2) is 8.32 Å². The lowest BCUT2D eigenvalue weighted by Gasteiger charge is -2.23. The van der Waals surface area contributed by atoms with E-state index in [0.29, 0.717) is 25.3 Å². The minimum atomic E-state index is -1.56. The van der Waals surface area contributed by atoms with Crippen LogP contribution < -0.4 is 0 Å². The lowest BCUT2D eigenvalue weighted by atomic mass is 10.1. The summed E-state index contributed by atoms with van der Waals surface area (Å²) in [4.78, 5) is 14.0. The van der Waals surface area contributed by atoms with Gasteiger partial charge in [-0.1, -0.05) is 23.6 Å². The summed E-state index contributed by atoms with van der Waals surface area (Å²) in [7, 11) is -1.56. The van der Waals surface area contributed by atoms with Crippen molar-refractivity contribution in [2.45, 2.75) is 26.6 Å². The molecule has 1 rings (SSSR count). The Morgan fingerprint density at radius 2 is 1.90 bits per heavy atom. The number of hydrogen-bond acceptors (Lipinski definition) is 2. The van der Waals surface area contributed by atoms with Crippen LogP contribution in [0.5, 0.6) is 0 Å². The van der Waals surface area contributed by atoms with Gasteiger partial charge in [-0.15, -0.1) is 6.42 Å². The Hall–Kier alpha value is -1.57. The number of amides is 1. The van der Waals surface area contributed by atoms with Crippen molar-refractivity contribution in [1.29, 1.82) is 0 Å². The van der Waals surface area contributed by atoms with Crippen molar-refractivity contribution in [2.24, 2.45) is 0 Å². The Balaban J connectivity index is 2.68. The molecule has 1 amide bonds. The Bertz CT molecular complexity index is 483. The Kier molecular flexibility index (Phi) is 5.99. The van der Waals surface area contributed by atoms with E-state index in [1.165, 1.54) is 0 Å². The minimum Gasteiger partial charge on any atom is -0.416 e. The van der Waals surface area contributed by atoms with Crippen molar-refractivity contribution < 1.29 is 9.22 Å². The van der Waals surface area contributed by atoms with Crippen LogP contribution in [0.15, 0.2) is 24.3 Å². The molecule has 3 nitrogen and oxygen atoms in total. The van der Waals surface area contributed by atoms with Gasteiger partial charge in [0.25, 0.3) is 5.91 Å². The fraction of sp³-hybridized carbons (Fsp3) is 0.438. The Morgan fingerprint density at radius 1 is 1.30 bits per heavy atom. The molecule has 0 heterocycles. The van der Waals surface area contributed by atoms with Crippen molar-refractivity contribution in [2.75, 3.05) is 19.7 Å². The molecule has 0 unspecified atom stereocenters. The topological polar surface area (TPSA) is 29.5 Å².